The molecular formula is C25H53N2O2PS2. The van der Waals surface area contributed by atoms with Crippen LogP contribution in [-0.4, -0.2) is 60.5 Å². The minimum atomic E-state index is -0.884. The quantitative estimate of drug-likeness (QED) is 0.234. The second-order valence-electron chi connectivity index (χ2n) is 12.1. The van der Waals surface area contributed by atoms with E-state index in [-0.39, 0.29) is 20.0 Å². The molecule has 0 bridgehead atoms. The molecule has 7 heteroatoms. The Bertz CT molecular complexity index is 537. The summed E-state index contributed by atoms with van der Waals surface area (Å²) >= 11 is 3.40. The number of carbonyl (C=O) groups excluding carboxylic acids is 1. The van der Waals surface area contributed by atoms with E-state index in [1.54, 1.807) is 0 Å². The number of nitrogens with zero attached hydrogens (tertiary/aromatic N) is 2. The molecule has 0 spiro atoms. The summed E-state index contributed by atoms with van der Waals surface area (Å²) in [5.74, 6) is 0.907. The zero-order valence-electron chi connectivity index (χ0n) is 23.7. The van der Waals surface area contributed by atoms with E-state index < -0.39 is 8.45 Å². The number of rotatable bonds is 13. The summed E-state index contributed by atoms with van der Waals surface area (Å²) in [5.41, 5.74) is -0.310. The van der Waals surface area contributed by atoms with Crippen LogP contribution in [0.2, 0.25) is 0 Å². The van der Waals surface area contributed by atoms with Crippen molar-refractivity contribution >= 4 is 37.1 Å². The zero-order chi connectivity index (χ0) is 25.7. The molecule has 0 atom stereocenters. The van der Waals surface area contributed by atoms with Gasteiger partial charge >= 0.3 is 0 Å². The van der Waals surface area contributed by atoms with Crippen molar-refractivity contribution in [3.8, 4) is 0 Å². The van der Waals surface area contributed by atoms with Gasteiger partial charge in [-0.2, -0.15) is 11.8 Å². The molecule has 192 valence electrons. The Labute approximate surface area is 210 Å². The summed E-state index contributed by atoms with van der Waals surface area (Å²) in [6.07, 6.45) is 0. The van der Waals surface area contributed by atoms with Crippen molar-refractivity contribution in [2.75, 3.05) is 12.4 Å². The lowest BCUT2D eigenvalue weighted by Gasteiger charge is -2.46. The number of hydrogen-bond donors (Lipinski definition) is 0. The molecule has 0 aliphatic heterocycles. The largest absolute Gasteiger partial charge is 0.330 e. The van der Waals surface area contributed by atoms with Crippen LogP contribution in [-0.2, 0) is 9.32 Å². The molecule has 0 radical (unpaired) electrons. The van der Waals surface area contributed by atoms with Crippen LogP contribution >= 0.6 is 32.0 Å². The van der Waals surface area contributed by atoms with Gasteiger partial charge in [-0.05, 0) is 83.1 Å². The Balaban J connectivity index is 5.42. The third-order valence-corrected chi connectivity index (χ3v) is 11.3. The second kappa shape index (κ2) is 13.1. The molecule has 32 heavy (non-hydrogen) atoms. The molecular weight excluding hydrogens is 455 g/mol. The van der Waals surface area contributed by atoms with Gasteiger partial charge in [0, 0.05) is 44.8 Å². The first kappa shape index (κ1) is 32.7. The highest BCUT2D eigenvalue weighted by Gasteiger charge is 2.37. The van der Waals surface area contributed by atoms with Gasteiger partial charge in [0.05, 0.1) is 6.61 Å². The Hall–Kier alpha value is 0.680. The van der Waals surface area contributed by atoms with E-state index in [0.29, 0.717) is 30.8 Å². The molecule has 0 aliphatic carbocycles. The maximum Gasteiger partial charge on any atom is 0.194 e. The average molecular weight is 509 g/mol. The van der Waals surface area contributed by atoms with Gasteiger partial charge in [-0.1, -0.05) is 32.5 Å². The zero-order valence-corrected chi connectivity index (χ0v) is 26.2. The molecule has 0 rings (SSSR count). The SMILES string of the molecule is CC(C)N(C(C)C)P(OCC(C)(C)SCC(C)(C)SC(=O)C(C)(C)C)N(C(C)C)C(C)C. The van der Waals surface area contributed by atoms with E-state index in [1.165, 1.54) is 11.8 Å². The fraction of sp³-hybridized carbons (Fsp3) is 0.960. The molecule has 0 N–H and O–H groups in total. The summed E-state index contributed by atoms with van der Waals surface area (Å²) in [7, 11) is -0.884. The highest BCUT2D eigenvalue weighted by molar-refractivity contribution is 8.15. The number of hydrogen-bond acceptors (Lipinski definition) is 6. The van der Waals surface area contributed by atoms with E-state index in [1.807, 2.05) is 32.5 Å². The van der Waals surface area contributed by atoms with E-state index in [4.69, 9.17) is 4.52 Å². The molecule has 0 heterocycles. The van der Waals surface area contributed by atoms with E-state index in [2.05, 4.69) is 92.4 Å². The standard InChI is InChI=1S/C25H53N2O2PS2/c1-18(2)26(19(3)4)30(27(20(5)6)21(7)8)29-16-24(12,13)31-17-25(14,15)32-22(28)23(9,10)11/h18-21H,16-17H2,1-15H3. The van der Waals surface area contributed by atoms with Crippen molar-refractivity contribution in [2.24, 2.45) is 5.41 Å². The molecule has 0 aliphatic rings. The Morgan fingerprint density at radius 2 is 1.12 bits per heavy atom. The van der Waals surface area contributed by atoms with Crippen LogP contribution in [0.25, 0.3) is 0 Å². The van der Waals surface area contributed by atoms with Gasteiger partial charge in [0.2, 0.25) is 0 Å². The van der Waals surface area contributed by atoms with Crippen LogP contribution < -0.4 is 0 Å². The highest BCUT2D eigenvalue weighted by atomic mass is 32.2. The minimum Gasteiger partial charge on any atom is -0.330 e. The van der Waals surface area contributed by atoms with Crippen LogP contribution in [0.4, 0.5) is 0 Å². The fourth-order valence-corrected chi connectivity index (χ4v) is 8.01. The van der Waals surface area contributed by atoms with Gasteiger partial charge < -0.3 is 4.52 Å². The lowest BCUT2D eigenvalue weighted by atomic mass is 9.99. The maximum atomic E-state index is 12.5. The van der Waals surface area contributed by atoms with Crippen LogP contribution in [0.15, 0.2) is 0 Å². The van der Waals surface area contributed by atoms with Crippen LogP contribution in [0.3, 0.4) is 0 Å². The third-order valence-electron chi connectivity index (χ3n) is 4.83. The molecule has 0 aromatic heterocycles. The maximum absolute atomic E-state index is 12.5. The predicted octanol–water partition coefficient (Wildman–Crippen LogP) is 8.06. The van der Waals surface area contributed by atoms with Gasteiger partial charge in [-0.25, -0.2) is 9.34 Å². The number of thioether (sulfide) groups is 2. The smallest absolute Gasteiger partial charge is 0.194 e. The summed E-state index contributed by atoms with van der Waals surface area (Å²) in [6, 6.07) is 1.65. The van der Waals surface area contributed by atoms with Gasteiger partial charge in [0.25, 0.3) is 0 Å². The van der Waals surface area contributed by atoms with Crippen molar-refractivity contribution in [3.63, 3.8) is 0 Å². The summed E-state index contributed by atoms with van der Waals surface area (Å²) in [6.45, 7) is 33.7. The van der Waals surface area contributed by atoms with Gasteiger partial charge in [0.1, 0.15) is 0 Å². The third kappa shape index (κ3) is 11.4. The molecule has 0 saturated heterocycles. The molecule has 0 amide bonds. The topological polar surface area (TPSA) is 32.8 Å². The van der Waals surface area contributed by atoms with Crippen molar-refractivity contribution in [2.45, 2.75) is 138 Å². The fourth-order valence-electron chi connectivity index (χ4n) is 3.29. The minimum absolute atomic E-state index is 0.0392. The van der Waals surface area contributed by atoms with Crippen LogP contribution in [0, 0.1) is 5.41 Å². The first-order chi connectivity index (χ1) is 14.2. The lowest BCUT2D eigenvalue weighted by molar-refractivity contribution is -0.117. The van der Waals surface area contributed by atoms with Crippen molar-refractivity contribution < 1.29 is 9.32 Å². The molecule has 0 aromatic carbocycles. The van der Waals surface area contributed by atoms with Crippen molar-refractivity contribution in [3.05, 3.63) is 0 Å². The second-order valence-corrected chi connectivity index (χ2v) is 17.2. The lowest BCUT2D eigenvalue weighted by Crippen LogP contribution is -2.44. The van der Waals surface area contributed by atoms with Gasteiger partial charge in [-0.3, -0.25) is 4.79 Å². The molecule has 0 fully saturated rings. The average Bonchev–Trinajstić information content (AvgIpc) is 2.55. The molecule has 0 aromatic rings. The Morgan fingerprint density at radius 3 is 1.44 bits per heavy atom. The summed E-state index contributed by atoms with van der Waals surface area (Å²) in [4.78, 5) is 12.5. The Morgan fingerprint density at radius 1 is 0.750 bits per heavy atom. The van der Waals surface area contributed by atoms with Gasteiger partial charge in [0.15, 0.2) is 13.6 Å². The van der Waals surface area contributed by atoms with Crippen molar-refractivity contribution in [1.82, 2.24) is 9.34 Å². The summed E-state index contributed by atoms with van der Waals surface area (Å²) in [5, 5.41) is 0.259. The Kier molecular flexibility index (Phi) is 13.4. The number of carbonyl (C=O) groups is 1. The van der Waals surface area contributed by atoms with Crippen LogP contribution in [0.5, 0.6) is 0 Å². The first-order valence-corrected chi connectivity index (χ1v) is 15.1. The predicted molar refractivity (Wildman–Crippen MR) is 150 cm³/mol. The van der Waals surface area contributed by atoms with Crippen molar-refractivity contribution in [1.29, 1.82) is 0 Å². The first-order valence-electron chi connectivity index (χ1n) is 12.1. The summed E-state index contributed by atoms with van der Waals surface area (Å²) < 4.78 is 11.7. The van der Waals surface area contributed by atoms with E-state index in [9.17, 15) is 4.79 Å². The molecule has 0 saturated carbocycles. The monoisotopic (exact) mass is 508 g/mol. The normalized spacial score (nSPS) is 14.3. The van der Waals surface area contributed by atoms with Crippen LogP contribution in [0.1, 0.15) is 104 Å². The van der Waals surface area contributed by atoms with E-state index >= 15 is 0 Å². The molecule has 0 unspecified atom stereocenters. The van der Waals surface area contributed by atoms with Gasteiger partial charge in [-0.15, -0.1) is 0 Å². The highest BCUT2D eigenvalue weighted by Crippen LogP contribution is 2.52. The van der Waals surface area contributed by atoms with E-state index in [0.717, 1.165) is 5.75 Å². The molecule has 4 nitrogen and oxygen atoms in total.